The summed E-state index contributed by atoms with van der Waals surface area (Å²) in [6.07, 6.45) is 1.24. The zero-order valence-electron chi connectivity index (χ0n) is 16.0. The molecule has 0 aromatic heterocycles. The van der Waals surface area contributed by atoms with E-state index in [9.17, 15) is 20.6 Å². The quantitative estimate of drug-likeness (QED) is 0.387. The molecule has 1 aromatic carbocycles. The summed E-state index contributed by atoms with van der Waals surface area (Å²) in [6, 6.07) is 8.19. The van der Waals surface area contributed by atoms with Crippen molar-refractivity contribution in [2.45, 2.75) is 38.5 Å². The summed E-state index contributed by atoms with van der Waals surface area (Å²) >= 11 is 6.33. The van der Waals surface area contributed by atoms with E-state index in [-0.39, 0.29) is 35.3 Å². The Bertz CT molecular complexity index is 960. The molecule has 0 amide bonds. The van der Waals surface area contributed by atoms with Crippen LogP contribution in [-0.4, -0.2) is 29.9 Å². The van der Waals surface area contributed by atoms with E-state index in [1.807, 2.05) is 13.8 Å². The summed E-state index contributed by atoms with van der Waals surface area (Å²) in [5.74, 6) is -2.77. The van der Waals surface area contributed by atoms with Crippen LogP contribution in [0.3, 0.4) is 0 Å². The monoisotopic (exact) mass is 417 g/mol. The van der Waals surface area contributed by atoms with Gasteiger partial charge in [0.25, 0.3) is 11.6 Å². The highest BCUT2D eigenvalue weighted by Gasteiger charge is 2.94. The number of non-ortho nitro benzene ring substituents is 1. The molecule has 3 atom stereocenters. The molecule has 152 valence electrons. The number of aliphatic imine (C=N–C) groups is 1. The summed E-state index contributed by atoms with van der Waals surface area (Å²) in [7, 11) is 0. The van der Waals surface area contributed by atoms with Crippen molar-refractivity contribution in [3.8, 4) is 12.1 Å². The number of benzene rings is 1. The predicted molar refractivity (Wildman–Crippen MR) is 104 cm³/mol. The smallest absolute Gasteiger partial charge is 0.293 e. The van der Waals surface area contributed by atoms with Crippen LogP contribution in [0, 0.1) is 43.6 Å². The Kier molecular flexibility index (Phi) is 5.26. The van der Waals surface area contributed by atoms with Gasteiger partial charge >= 0.3 is 0 Å². The largest absolute Gasteiger partial charge is 0.386 e. The molecule has 2 N–H and O–H groups in total. The van der Waals surface area contributed by atoms with Crippen molar-refractivity contribution in [2.75, 3.05) is 13.2 Å². The van der Waals surface area contributed by atoms with E-state index in [1.165, 1.54) is 18.2 Å². The molecule has 1 aliphatic heterocycles. The van der Waals surface area contributed by atoms with E-state index < -0.39 is 27.6 Å². The highest BCUT2D eigenvalue weighted by Crippen LogP contribution is 2.82. The number of amidine groups is 1. The van der Waals surface area contributed by atoms with E-state index in [0.29, 0.717) is 12.8 Å². The van der Waals surface area contributed by atoms with Gasteiger partial charge in [0, 0.05) is 23.1 Å². The Morgan fingerprint density at radius 3 is 2.38 bits per heavy atom. The second-order valence-electron chi connectivity index (χ2n) is 7.01. The van der Waals surface area contributed by atoms with Gasteiger partial charge < -0.3 is 15.2 Å². The fourth-order valence-corrected chi connectivity index (χ4v) is 4.40. The minimum absolute atomic E-state index is 0.0960. The summed E-state index contributed by atoms with van der Waals surface area (Å²) in [5.41, 5.74) is 3.06. The van der Waals surface area contributed by atoms with Crippen molar-refractivity contribution in [3.63, 3.8) is 0 Å². The van der Waals surface area contributed by atoms with Gasteiger partial charge in [-0.05, 0) is 24.5 Å². The highest BCUT2D eigenvalue weighted by molar-refractivity contribution is 6.31. The van der Waals surface area contributed by atoms with Crippen molar-refractivity contribution in [1.82, 2.24) is 0 Å². The predicted octanol–water partition coefficient (Wildman–Crippen LogP) is 3.24. The van der Waals surface area contributed by atoms with Crippen LogP contribution < -0.4 is 5.73 Å². The average molecular weight is 418 g/mol. The molecule has 1 fully saturated rings. The molecule has 1 aromatic rings. The number of nitriles is 2. The zero-order chi connectivity index (χ0) is 21.4. The zero-order valence-corrected chi connectivity index (χ0v) is 16.8. The summed E-state index contributed by atoms with van der Waals surface area (Å²) in [5, 5.41) is 31.8. The Morgan fingerprint density at radius 2 is 1.90 bits per heavy atom. The molecule has 0 radical (unpaired) electrons. The molecule has 0 spiro atoms. The second-order valence-corrected chi connectivity index (χ2v) is 7.42. The first kappa shape index (κ1) is 21.0. The van der Waals surface area contributed by atoms with E-state index in [0.717, 1.165) is 0 Å². The lowest BCUT2D eigenvalue weighted by molar-refractivity contribution is -0.384. The molecule has 3 rings (SSSR count). The van der Waals surface area contributed by atoms with Crippen molar-refractivity contribution in [3.05, 3.63) is 38.9 Å². The molecule has 1 heterocycles. The first-order valence-electron chi connectivity index (χ1n) is 9.21. The van der Waals surface area contributed by atoms with Crippen LogP contribution in [-0.2, 0) is 9.47 Å². The molecular formula is C19H20ClN5O4. The Labute approximate surface area is 172 Å². The molecule has 10 heteroatoms. The fraction of sp³-hybridized carbons (Fsp3) is 0.526. The SMILES string of the molecule is CCCOC1(OCCC)N=C(N)C2(C#N)C(c3cc([N+](=O)[O-])ccc3Cl)C12C#N. The van der Waals surface area contributed by atoms with E-state index >= 15 is 0 Å². The number of fused-ring (bicyclic) bond motifs is 1. The number of ether oxygens (including phenoxy) is 2. The lowest BCUT2D eigenvalue weighted by Crippen LogP contribution is -2.44. The van der Waals surface area contributed by atoms with E-state index in [1.54, 1.807) is 0 Å². The minimum atomic E-state index is -1.79. The molecule has 9 nitrogen and oxygen atoms in total. The van der Waals surface area contributed by atoms with E-state index in [4.69, 9.17) is 26.8 Å². The van der Waals surface area contributed by atoms with Gasteiger partial charge in [-0.1, -0.05) is 25.4 Å². The van der Waals surface area contributed by atoms with Crippen molar-refractivity contribution < 1.29 is 14.4 Å². The molecule has 3 unspecified atom stereocenters. The molecular weight excluding hydrogens is 398 g/mol. The lowest BCUT2D eigenvalue weighted by Gasteiger charge is -2.32. The van der Waals surface area contributed by atoms with Crippen molar-refractivity contribution >= 4 is 23.1 Å². The number of nitro groups is 1. The average Bonchev–Trinajstić information content (AvgIpc) is 3.28. The maximum absolute atomic E-state index is 11.3. The number of nitro benzene ring substituents is 1. The van der Waals surface area contributed by atoms with Gasteiger partial charge in [-0.2, -0.15) is 10.5 Å². The summed E-state index contributed by atoms with van der Waals surface area (Å²) < 4.78 is 11.8. The van der Waals surface area contributed by atoms with Crippen LogP contribution in [0.1, 0.15) is 38.2 Å². The lowest BCUT2D eigenvalue weighted by atomic mass is 9.93. The van der Waals surface area contributed by atoms with Crippen LogP contribution in [0.4, 0.5) is 5.69 Å². The maximum Gasteiger partial charge on any atom is 0.293 e. The van der Waals surface area contributed by atoms with Crippen LogP contribution in [0.5, 0.6) is 0 Å². The Morgan fingerprint density at radius 1 is 1.28 bits per heavy atom. The van der Waals surface area contributed by atoms with Crippen LogP contribution in [0.15, 0.2) is 23.2 Å². The molecule has 2 aliphatic rings. The fourth-order valence-electron chi connectivity index (χ4n) is 4.17. The molecule has 29 heavy (non-hydrogen) atoms. The normalized spacial score (nSPS) is 28.7. The number of nitrogens with zero attached hydrogens (tertiary/aromatic N) is 4. The van der Waals surface area contributed by atoms with Crippen LogP contribution in [0.2, 0.25) is 5.02 Å². The molecule has 0 saturated heterocycles. The third-order valence-corrected chi connectivity index (χ3v) is 5.78. The number of nitrogens with two attached hydrogens (primary N) is 1. The topological polar surface area (TPSA) is 148 Å². The maximum atomic E-state index is 11.3. The number of halogens is 1. The third kappa shape index (κ3) is 2.55. The van der Waals surface area contributed by atoms with Gasteiger partial charge in [0.2, 0.25) is 0 Å². The first-order valence-corrected chi connectivity index (χ1v) is 9.59. The summed E-state index contributed by atoms with van der Waals surface area (Å²) in [4.78, 5) is 15.0. The third-order valence-electron chi connectivity index (χ3n) is 5.43. The Hall–Kier alpha value is -2.72. The van der Waals surface area contributed by atoms with Crippen LogP contribution in [0.25, 0.3) is 0 Å². The van der Waals surface area contributed by atoms with Crippen molar-refractivity contribution in [2.24, 2.45) is 21.6 Å². The number of rotatable bonds is 8. The standard InChI is InChI=1S/C19H20ClN5O4/c1-3-7-28-19(29-8-4-2)18(11-22)15(17(18,10-21)16(23)24-19)13-9-12(25(26)27)5-6-14(13)20/h5-6,9,15H,3-4,7-8H2,1-2H3,(H2,23,24). The summed E-state index contributed by atoms with van der Waals surface area (Å²) in [6.45, 7) is 4.21. The molecule has 0 bridgehead atoms. The van der Waals surface area contributed by atoms with Gasteiger partial charge in [-0.25, -0.2) is 4.99 Å². The Balaban J connectivity index is 2.23. The number of hydrogen-bond donors (Lipinski definition) is 1. The van der Waals surface area contributed by atoms with E-state index in [2.05, 4.69) is 17.1 Å². The highest BCUT2D eigenvalue weighted by atomic mass is 35.5. The van der Waals surface area contributed by atoms with Gasteiger partial charge in [0.1, 0.15) is 11.3 Å². The molecule has 1 saturated carbocycles. The minimum Gasteiger partial charge on any atom is -0.386 e. The number of hydrogen-bond acceptors (Lipinski definition) is 8. The van der Waals surface area contributed by atoms with Gasteiger partial charge in [0.15, 0.2) is 5.41 Å². The van der Waals surface area contributed by atoms with Gasteiger partial charge in [-0.3, -0.25) is 10.1 Å². The van der Waals surface area contributed by atoms with Gasteiger partial charge in [-0.15, -0.1) is 0 Å². The first-order chi connectivity index (χ1) is 13.8. The van der Waals surface area contributed by atoms with Crippen molar-refractivity contribution in [1.29, 1.82) is 10.5 Å². The van der Waals surface area contributed by atoms with Crippen LogP contribution >= 0.6 is 11.6 Å². The van der Waals surface area contributed by atoms with Gasteiger partial charge in [0.05, 0.1) is 30.3 Å². The second kappa shape index (κ2) is 7.27. The molecule has 1 aliphatic carbocycles.